The summed E-state index contributed by atoms with van der Waals surface area (Å²) in [4.78, 5) is 11.3. The van der Waals surface area contributed by atoms with Crippen molar-refractivity contribution in [3.8, 4) is 0 Å². The van der Waals surface area contributed by atoms with E-state index in [4.69, 9.17) is 4.98 Å². The van der Waals surface area contributed by atoms with Crippen LogP contribution in [0.2, 0.25) is 0 Å². The first-order chi connectivity index (χ1) is 14.4. The van der Waals surface area contributed by atoms with Crippen molar-refractivity contribution in [1.29, 1.82) is 0 Å². The summed E-state index contributed by atoms with van der Waals surface area (Å²) in [5.41, 5.74) is 3.45. The molecule has 0 unspecified atom stereocenters. The molecule has 0 aliphatic carbocycles. The summed E-state index contributed by atoms with van der Waals surface area (Å²) in [6.45, 7) is 10.0. The highest BCUT2D eigenvalue weighted by Gasteiger charge is 2.23. The average molecular weight is 408 g/mol. The van der Waals surface area contributed by atoms with E-state index >= 15 is 0 Å². The van der Waals surface area contributed by atoms with Gasteiger partial charge in [0.25, 0.3) is 0 Å². The summed E-state index contributed by atoms with van der Waals surface area (Å²) in [6, 6.07) is 4.28. The SMILES string of the molecule is Cc1cn2cc(Nc3n[nH]c4cc(N5C[C@H](C)N[C@@H](C)C5)nc(C)c34)cc(F)c2n1. The molecule has 0 radical (unpaired) electrons. The fourth-order valence-electron chi connectivity index (χ4n) is 4.37. The Morgan fingerprint density at radius 3 is 2.63 bits per heavy atom. The van der Waals surface area contributed by atoms with Crippen LogP contribution in [-0.4, -0.2) is 49.7 Å². The van der Waals surface area contributed by atoms with Crippen molar-refractivity contribution in [3.05, 3.63) is 41.7 Å². The maximum Gasteiger partial charge on any atom is 0.173 e. The average Bonchev–Trinajstić information content (AvgIpc) is 3.24. The number of piperazine rings is 1. The summed E-state index contributed by atoms with van der Waals surface area (Å²) in [6.07, 6.45) is 3.60. The van der Waals surface area contributed by atoms with Gasteiger partial charge < -0.3 is 19.9 Å². The van der Waals surface area contributed by atoms with E-state index in [2.05, 4.69) is 44.6 Å². The Morgan fingerprint density at radius 1 is 1.10 bits per heavy atom. The lowest BCUT2D eigenvalue weighted by molar-refractivity contribution is 0.405. The largest absolute Gasteiger partial charge is 0.353 e. The number of fused-ring (bicyclic) bond motifs is 2. The van der Waals surface area contributed by atoms with Crippen LogP contribution in [0.25, 0.3) is 16.6 Å². The molecule has 1 saturated heterocycles. The molecule has 1 aliphatic rings. The molecular weight excluding hydrogens is 383 g/mol. The lowest BCUT2D eigenvalue weighted by atomic mass is 10.1. The Balaban J connectivity index is 1.49. The normalized spacial score (nSPS) is 19.7. The summed E-state index contributed by atoms with van der Waals surface area (Å²) in [5.74, 6) is 1.18. The first-order valence-electron chi connectivity index (χ1n) is 10.2. The monoisotopic (exact) mass is 408 g/mol. The van der Waals surface area contributed by atoms with Crippen LogP contribution < -0.4 is 15.5 Å². The van der Waals surface area contributed by atoms with E-state index in [-0.39, 0.29) is 5.82 Å². The highest BCUT2D eigenvalue weighted by Crippen LogP contribution is 2.30. The maximum absolute atomic E-state index is 14.4. The minimum Gasteiger partial charge on any atom is -0.353 e. The second-order valence-electron chi connectivity index (χ2n) is 8.25. The summed E-state index contributed by atoms with van der Waals surface area (Å²) < 4.78 is 16.1. The first-order valence-corrected chi connectivity index (χ1v) is 10.2. The number of nitrogens with one attached hydrogen (secondary N) is 3. The number of anilines is 3. The van der Waals surface area contributed by atoms with Crippen LogP contribution in [0.5, 0.6) is 0 Å². The number of H-pyrrole nitrogens is 1. The summed E-state index contributed by atoms with van der Waals surface area (Å²) >= 11 is 0. The minimum atomic E-state index is -0.382. The topological polar surface area (TPSA) is 86.2 Å². The van der Waals surface area contributed by atoms with Crippen LogP contribution in [0.4, 0.5) is 21.7 Å². The van der Waals surface area contributed by atoms with Crippen LogP contribution >= 0.6 is 0 Å². The number of hydrogen-bond donors (Lipinski definition) is 3. The van der Waals surface area contributed by atoms with Crippen molar-refractivity contribution >= 4 is 33.9 Å². The van der Waals surface area contributed by atoms with E-state index in [0.717, 1.165) is 41.2 Å². The number of aryl methyl sites for hydroxylation is 2. The van der Waals surface area contributed by atoms with Gasteiger partial charge in [0.2, 0.25) is 0 Å². The molecule has 2 atom stereocenters. The third-order valence-electron chi connectivity index (χ3n) is 5.48. The zero-order chi connectivity index (χ0) is 21.0. The summed E-state index contributed by atoms with van der Waals surface area (Å²) in [5, 5.41) is 15.2. The van der Waals surface area contributed by atoms with Crippen molar-refractivity contribution in [1.82, 2.24) is 29.9 Å². The number of imidazole rings is 1. The predicted octanol–water partition coefficient (Wildman–Crippen LogP) is 3.29. The third kappa shape index (κ3) is 3.24. The smallest absolute Gasteiger partial charge is 0.173 e. The van der Waals surface area contributed by atoms with Crippen LogP contribution in [-0.2, 0) is 0 Å². The maximum atomic E-state index is 14.4. The van der Waals surface area contributed by atoms with Gasteiger partial charge >= 0.3 is 0 Å². The van der Waals surface area contributed by atoms with E-state index < -0.39 is 0 Å². The standard InChI is InChI=1S/C21H25FN8/c1-11-7-29(8-12(2)23-11)18-6-17-19(14(4)25-18)20(28-27-17)26-15-5-16(22)21-24-13(3)9-30(21)10-15/h5-6,9-12,23H,7-8H2,1-4H3,(H2,26,27,28)/t11-,12-/m0/s1. The quantitative estimate of drug-likeness (QED) is 0.482. The van der Waals surface area contributed by atoms with Gasteiger partial charge in [0.05, 0.1) is 28.0 Å². The van der Waals surface area contributed by atoms with E-state index in [1.807, 2.05) is 19.9 Å². The Labute approximate surface area is 173 Å². The molecule has 4 aromatic rings. The predicted molar refractivity (Wildman–Crippen MR) is 116 cm³/mol. The van der Waals surface area contributed by atoms with Gasteiger partial charge in [-0.05, 0) is 27.7 Å². The lowest BCUT2D eigenvalue weighted by Crippen LogP contribution is -2.54. The number of nitrogens with zero attached hydrogens (tertiary/aromatic N) is 5. The minimum absolute atomic E-state index is 0.312. The first kappa shape index (κ1) is 18.8. The van der Waals surface area contributed by atoms with Crippen molar-refractivity contribution in [2.75, 3.05) is 23.3 Å². The van der Waals surface area contributed by atoms with E-state index in [9.17, 15) is 4.39 Å². The van der Waals surface area contributed by atoms with Crippen molar-refractivity contribution < 1.29 is 4.39 Å². The molecular formula is C21H25FN8. The van der Waals surface area contributed by atoms with Gasteiger partial charge in [-0.1, -0.05) is 0 Å². The highest BCUT2D eigenvalue weighted by molar-refractivity contribution is 5.94. The molecule has 1 aliphatic heterocycles. The van der Waals surface area contributed by atoms with Gasteiger partial charge in [-0.2, -0.15) is 5.10 Å². The fraction of sp³-hybridized carbons (Fsp3) is 0.381. The van der Waals surface area contributed by atoms with Crippen LogP contribution in [0.3, 0.4) is 0 Å². The molecule has 0 aromatic carbocycles. The molecule has 9 heteroatoms. The molecule has 4 aromatic heterocycles. The van der Waals surface area contributed by atoms with Crippen LogP contribution in [0.15, 0.2) is 24.5 Å². The number of halogens is 1. The molecule has 1 fully saturated rings. The number of rotatable bonds is 3. The van der Waals surface area contributed by atoms with Gasteiger partial charge in [0.15, 0.2) is 17.3 Å². The van der Waals surface area contributed by atoms with Gasteiger partial charge in [-0.3, -0.25) is 5.10 Å². The molecule has 30 heavy (non-hydrogen) atoms. The molecule has 156 valence electrons. The van der Waals surface area contributed by atoms with Gasteiger partial charge in [-0.15, -0.1) is 0 Å². The van der Waals surface area contributed by atoms with E-state index in [1.54, 1.807) is 16.8 Å². The zero-order valence-corrected chi connectivity index (χ0v) is 17.5. The number of aromatic amines is 1. The Kier molecular flexibility index (Phi) is 4.35. The van der Waals surface area contributed by atoms with Gasteiger partial charge in [-0.25, -0.2) is 14.4 Å². The van der Waals surface area contributed by atoms with Gasteiger partial charge in [0.1, 0.15) is 5.82 Å². The van der Waals surface area contributed by atoms with E-state index in [0.29, 0.717) is 29.2 Å². The molecule has 0 amide bonds. The van der Waals surface area contributed by atoms with Crippen LogP contribution in [0, 0.1) is 19.7 Å². The fourth-order valence-corrected chi connectivity index (χ4v) is 4.37. The van der Waals surface area contributed by atoms with Crippen molar-refractivity contribution in [2.24, 2.45) is 0 Å². The third-order valence-corrected chi connectivity index (χ3v) is 5.48. The molecule has 0 spiro atoms. The number of pyridine rings is 2. The second kappa shape index (κ2) is 6.94. The molecule has 8 nitrogen and oxygen atoms in total. The summed E-state index contributed by atoms with van der Waals surface area (Å²) in [7, 11) is 0. The van der Waals surface area contributed by atoms with Crippen LogP contribution in [0.1, 0.15) is 25.2 Å². The van der Waals surface area contributed by atoms with Crippen molar-refractivity contribution in [2.45, 2.75) is 39.8 Å². The Morgan fingerprint density at radius 2 is 1.87 bits per heavy atom. The molecule has 5 heterocycles. The molecule has 0 bridgehead atoms. The van der Waals surface area contributed by atoms with Crippen molar-refractivity contribution in [3.63, 3.8) is 0 Å². The van der Waals surface area contributed by atoms with E-state index in [1.165, 1.54) is 6.07 Å². The lowest BCUT2D eigenvalue weighted by Gasteiger charge is -2.37. The molecule has 3 N–H and O–H groups in total. The highest BCUT2D eigenvalue weighted by atomic mass is 19.1. The zero-order valence-electron chi connectivity index (χ0n) is 17.5. The second-order valence-corrected chi connectivity index (χ2v) is 8.25. The Bertz CT molecular complexity index is 1230. The Hall–Kier alpha value is -3.20. The number of aromatic nitrogens is 5. The molecule has 0 saturated carbocycles. The molecule has 5 rings (SSSR count). The number of hydrogen-bond acceptors (Lipinski definition) is 6. The van der Waals surface area contributed by atoms with Gasteiger partial charge in [0, 0.05) is 49.7 Å².